The molecule has 7 heteroatoms. The van der Waals surface area contributed by atoms with Crippen molar-refractivity contribution in [1.29, 1.82) is 0 Å². The summed E-state index contributed by atoms with van der Waals surface area (Å²) in [5.74, 6) is 1.00. The van der Waals surface area contributed by atoms with Gasteiger partial charge in [-0.05, 0) is 6.92 Å². The molecule has 20 heavy (non-hydrogen) atoms. The topological polar surface area (TPSA) is 87.4 Å². The predicted molar refractivity (Wildman–Crippen MR) is 75.5 cm³/mol. The molecule has 0 bridgehead atoms. The molecule has 3 rings (SSSR count). The largest absolute Gasteiger partial charge is 0.384 e. The number of hydrogen-bond donors (Lipinski definition) is 1. The summed E-state index contributed by atoms with van der Waals surface area (Å²) in [6.07, 6.45) is 7.29. The van der Waals surface area contributed by atoms with Gasteiger partial charge < -0.3 is 5.73 Å². The third-order valence-electron chi connectivity index (χ3n) is 2.96. The van der Waals surface area contributed by atoms with Gasteiger partial charge in [0.05, 0.1) is 23.7 Å². The zero-order chi connectivity index (χ0) is 14.1. The number of anilines is 1. The SMILES string of the molecule is CCn1cc(-c2nc(N)cc(-c3cnn(C)c3)n2)cn1. The first-order valence-corrected chi connectivity index (χ1v) is 6.32. The number of rotatable bonds is 3. The van der Waals surface area contributed by atoms with E-state index in [0.717, 1.165) is 23.4 Å². The molecule has 0 saturated carbocycles. The van der Waals surface area contributed by atoms with Gasteiger partial charge in [-0.2, -0.15) is 10.2 Å². The lowest BCUT2D eigenvalue weighted by Crippen LogP contribution is -1.97. The summed E-state index contributed by atoms with van der Waals surface area (Å²) in [7, 11) is 1.86. The normalized spacial score (nSPS) is 10.9. The Morgan fingerprint density at radius 2 is 1.90 bits per heavy atom. The van der Waals surface area contributed by atoms with E-state index in [1.807, 2.05) is 31.0 Å². The van der Waals surface area contributed by atoms with Crippen LogP contribution >= 0.6 is 0 Å². The van der Waals surface area contributed by atoms with Gasteiger partial charge >= 0.3 is 0 Å². The number of aryl methyl sites for hydroxylation is 2. The molecule has 0 unspecified atom stereocenters. The Bertz CT molecular complexity index is 741. The second-order valence-electron chi connectivity index (χ2n) is 4.49. The molecular weight excluding hydrogens is 254 g/mol. The smallest absolute Gasteiger partial charge is 0.165 e. The molecule has 7 nitrogen and oxygen atoms in total. The van der Waals surface area contributed by atoms with Crippen LogP contribution in [0.3, 0.4) is 0 Å². The van der Waals surface area contributed by atoms with Crippen molar-refractivity contribution in [3.8, 4) is 22.6 Å². The van der Waals surface area contributed by atoms with E-state index in [0.29, 0.717) is 11.6 Å². The first kappa shape index (κ1) is 12.3. The van der Waals surface area contributed by atoms with Crippen molar-refractivity contribution in [2.75, 3.05) is 5.73 Å². The summed E-state index contributed by atoms with van der Waals surface area (Å²) in [6, 6.07) is 1.74. The molecule has 102 valence electrons. The molecule has 0 fully saturated rings. The summed E-state index contributed by atoms with van der Waals surface area (Å²) in [5.41, 5.74) is 8.39. The second kappa shape index (κ2) is 4.76. The molecule has 0 aliphatic rings. The van der Waals surface area contributed by atoms with E-state index in [-0.39, 0.29) is 0 Å². The van der Waals surface area contributed by atoms with E-state index in [4.69, 9.17) is 5.73 Å². The summed E-state index contributed by atoms with van der Waals surface area (Å²) in [4.78, 5) is 8.81. The Morgan fingerprint density at radius 3 is 2.55 bits per heavy atom. The van der Waals surface area contributed by atoms with E-state index in [9.17, 15) is 0 Å². The fraction of sp³-hybridized carbons (Fsp3) is 0.231. The maximum atomic E-state index is 5.87. The van der Waals surface area contributed by atoms with Crippen LogP contribution in [0.1, 0.15) is 6.92 Å². The van der Waals surface area contributed by atoms with E-state index < -0.39 is 0 Å². The zero-order valence-electron chi connectivity index (χ0n) is 11.4. The van der Waals surface area contributed by atoms with Crippen LogP contribution in [0.5, 0.6) is 0 Å². The summed E-state index contributed by atoms with van der Waals surface area (Å²) in [5, 5.41) is 8.37. The molecule has 0 aliphatic heterocycles. The van der Waals surface area contributed by atoms with Crippen LogP contribution < -0.4 is 5.73 Å². The van der Waals surface area contributed by atoms with Crippen molar-refractivity contribution in [2.24, 2.45) is 7.05 Å². The van der Waals surface area contributed by atoms with Gasteiger partial charge in [0.2, 0.25) is 0 Å². The minimum absolute atomic E-state index is 0.429. The van der Waals surface area contributed by atoms with Gasteiger partial charge in [0.25, 0.3) is 0 Å². The average molecular weight is 269 g/mol. The average Bonchev–Trinajstić information content (AvgIpc) is 3.06. The van der Waals surface area contributed by atoms with Crippen molar-refractivity contribution in [3.05, 3.63) is 30.9 Å². The van der Waals surface area contributed by atoms with Gasteiger partial charge in [0.15, 0.2) is 5.82 Å². The van der Waals surface area contributed by atoms with Gasteiger partial charge in [-0.25, -0.2) is 9.97 Å². The van der Waals surface area contributed by atoms with Gasteiger partial charge in [0, 0.05) is 37.6 Å². The van der Waals surface area contributed by atoms with Gasteiger partial charge in [-0.15, -0.1) is 0 Å². The summed E-state index contributed by atoms with van der Waals surface area (Å²) in [6.45, 7) is 2.83. The maximum Gasteiger partial charge on any atom is 0.165 e. The lowest BCUT2D eigenvalue weighted by Gasteiger charge is -2.02. The van der Waals surface area contributed by atoms with Gasteiger partial charge in [-0.1, -0.05) is 0 Å². The van der Waals surface area contributed by atoms with Crippen LogP contribution in [0.2, 0.25) is 0 Å². The van der Waals surface area contributed by atoms with E-state index in [2.05, 4.69) is 20.2 Å². The Kier molecular flexibility index (Phi) is 2.94. The van der Waals surface area contributed by atoms with Crippen LogP contribution in [0.25, 0.3) is 22.6 Å². The molecule has 0 atom stereocenters. The molecule has 0 aliphatic carbocycles. The third kappa shape index (κ3) is 2.25. The lowest BCUT2D eigenvalue weighted by atomic mass is 10.2. The van der Waals surface area contributed by atoms with Crippen molar-refractivity contribution >= 4 is 5.82 Å². The lowest BCUT2D eigenvalue weighted by molar-refractivity contribution is 0.660. The predicted octanol–water partition coefficient (Wildman–Crippen LogP) is 1.34. The van der Waals surface area contributed by atoms with E-state index in [1.165, 1.54) is 0 Å². The molecule has 0 aromatic carbocycles. The Hall–Kier alpha value is -2.70. The quantitative estimate of drug-likeness (QED) is 0.775. The second-order valence-corrected chi connectivity index (χ2v) is 4.49. The van der Waals surface area contributed by atoms with E-state index >= 15 is 0 Å². The first-order chi connectivity index (χ1) is 9.65. The first-order valence-electron chi connectivity index (χ1n) is 6.32. The summed E-state index contributed by atoms with van der Waals surface area (Å²) >= 11 is 0. The molecule has 0 spiro atoms. The third-order valence-corrected chi connectivity index (χ3v) is 2.96. The Balaban J connectivity index is 2.06. The standard InChI is InChI=1S/C13H15N7/c1-3-20-8-10(6-16-20)13-17-11(4-12(14)18-13)9-5-15-19(2)7-9/h4-8H,3H2,1-2H3,(H2,14,17,18). The van der Waals surface area contributed by atoms with Crippen molar-refractivity contribution in [1.82, 2.24) is 29.5 Å². The van der Waals surface area contributed by atoms with E-state index in [1.54, 1.807) is 23.1 Å². The fourth-order valence-corrected chi connectivity index (χ4v) is 1.95. The highest BCUT2D eigenvalue weighted by atomic mass is 15.3. The molecule has 3 aromatic rings. The highest BCUT2D eigenvalue weighted by Crippen LogP contribution is 2.22. The highest BCUT2D eigenvalue weighted by molar-refractivity contribution is 5.65. The maximum absolute atomic E-state index is 5.87. The van der Waals surface area contributed by atoms with Crippen molar-refractivity contribution in [3.63, 3.8) is 0 Å². The van der Waals surface area contributed by atoms with Crippen LogP contribution in [0.15, 0.2) is 30.9 Å². The molecule has 3 heterocycles. The minimum atomic E-state index is 0.429. The highest BCUT2D eigenvalue weighted by Gasteiger charge is 2.10. The number of nitrogens with zero attached hydrogens (tertiary/aromatic N) is 6. The van der Waals surface area contributed by atoms with Crippen LogP contribution in [0, 0.1) is 0 Å². The Morgan fingerprint density at radius 1 is 1.10 bits per heavy atom. The van der Waals surface area contributed by atoms with Crippen LogP contribution in [-0.4, -0.2) is 29.5 Å². The number of aromatic nitrogens is 6. The molecule has 0 saturated heterocycles. The van der Waals surface area contributed by atoms with Crippen molar-refractivity contribution in [2.45, 2.75) is 13.5 Å². The Labute approximate surface area is 116 Å². The van der Waals surface area contributed by atoms with Gasteiger partial charge in [-0.3, -0.25) is 9.36 Å². The number of hydrogen-bond acceptors (Lipinski definition) is 5. The monoisotopic (exact) mass is 269 g/mol. The minimum Gasteiger partial charge on any atom is -0.384 e. The number of nitrogen functional groups attached to an aromatic ring is 1. The van der Waals surface area contributed by atoms with Crippen LogP contribution in [-0.2, 0) is 13.6 Å². The summed E-state index contributed by atoms with van der Waals surface area (Å²) < 4.78 is 3.55. The zero-order valence-corrected chi connectivity index (χ0v) is 11.4. The molecule has 0 radical (unpaired) electrons. The molecule has 0 amide bonds. The molecule has 3 aromatic heterocycles. The molecular formula is C13H15N7. The van der Waals surface area contributed by atoms with Crippen molar-refractivity contribution < 1.29 is 0 Å². The molecule has 2 N–H and O–H groups in total. The van der Waals surface area contributed by atoms with Gasteiger partial charge in [0.1, 0.15) is 5.82 Å². The number of nitrogens with two attached hydrogens (primary N) is 1. The van der Waals surface area contributed by atoms with Crippen LogP contribution in [0.4, 0.5) is 5.82 Å². The fourth-order valence-electron chi connectivity index (χ4n) is 1.95.